The van der Waals surface area contributed by atoms with Gasteiger partial charge in [-0.15, -0.1) is 0 Å². The molecule has 0 aromatic carbocycles. The summed E-state index contributed by atoms with van der Waals surface area (Å²) in [6, 6.07) is -0.0106. The fourth-order valence-corrected chi connectivity index (χ4v) is 2.87. The molecule has 0 spiro atoms. The number of hydrogen-bond donors (Lipinski definition) is 0. The Labute approximate surface area is 120 Å². The molecule has 0 radical (unpaired) electrons. The lowest BCUT2D eigenvalue weighted by Crippen LogP contribution is -2.52. The Morgan fingerprint density at radius 1 is 1.40 bits per heavy atom. The molecule has 2 heterocycles. The number of carbonyl (C=O) groups is 1. The maximum Gasteiger partial charge on any atom is 0.439 e. The number of imidazole rings is 1. The highest BCUT2D eigenvalue weighted by molar-refractivity contribution is 5.81. The monoisotopic (exact) mass is 275 g/mol. The average Bonchev–Trinajstić information content (AvgIpc) is 3.06. The predicted octanol–water partition coefficient (Wildman–Crippen LogP) is 3.40. The normalized spacial score (nSPS) is 22.1. The molecule has 0 fully saturated rings. The summed E-state index contributed by atoms with van der Waals surface area (Å²) < 4.78 is 1.73. The molecule has 1 aromatic heterocycles. The Bertz CT molecular complexity index is 542. The summed E-state index contributed by atoms with van der Waals surface area (Å²) in [7, 11) is 0. The fourth-order valence-electron chi connectivity index (χ4n) is 2.87. The molecule has 0 N–H and O–H groups in total. The van der Waals surface area contributed by atoms with Gasteiger partial charge in [-0.2, -0.15) is 4.48 Å². The minimum Gasteiger partial charge on any atom is -0.245 e. The lowest BCUT2D eigenvalue weighted by atomic mass is 10.0. The molecule has 1 amide bonds. The van der Waals surface area contributed by atoms with Gasteiger partial charge >= 0.3 is 6.03 Å². The Morgan fingerprint density at radius 2 is 2.15 bits per heavy atom. The molecule has 1 aliphatic rings. The van der Waals surface area contributed by atoms with E-state index in [1.54, 1.807) is 29.6 Å². The zero-order valence-corrected chi connectivity index (χ0v) is 12.7. The van der Waals surface area contributed by atoms with Crippen LogP contribution in [0.5, 0.6) is 0 Å². The zero-order chi connectivity index (χ0) is 14.8. The smallest absolute Gasteiger partial charge is 0.245 e. The summed E-state index contributed by atoms with van der Waals surface area (Å²) in [6.45, 7) is 9.09. The number of aromatic nitrogens is 2. The number of rotatable bonds is 4. The standard InChI is InChI=1S/C15H23N4O/c1-5-7-13-14(12(3)4)19(6-2,11-17-13)15(20)18-9-8-16-10-18/h8-12H,5-7H2,1-4H3/q+1. The first-order valence-corrected chi connectivity index (χ1v) is 7.26. The van der Waals surface area contributed by atoms with E-state index in [-0.39, 0.29) is 16.4 Å². The van der Waals surface area contributed by atoms with Crippen molar-refractivity contribution in [2.45, 2.75) is 40.5 Å². The second kappa shape index (κ2) is 5.71. The van der Waals surface area contributed by atoms with E-state index in [0.717, 1.165) is 24.2 Å². The molecule has 1 aliphatic heterocycles. The van der Waals surface area contributed by atoms with Gasteiger partial charge in [-0.1, -0.05) is 27.2 Å². The van der Waals surface area contributed by atoms with Crippen LogP contribution in [0.15, 0.2) is 35.1 Å². The highest BCUT2D eigenvalue weighted by Crippen LogP contribution is 2.34. The van der Waals surface area contributed by atoms with Crippen molar-refractivity contribution in [1.29, 1.82) is 0 Å². The molecule has 1 unspecified atom stereocenters. The summed E-state index contributed by atoms with van der Waals surface area (Å²) in [4.78, 5) is 21.4. The van der Waals surface area contributed by atoms with E-state index in [1.165, 1.54) is 0 Å². The highest BCUT2D eigenvalue weighted by atomic mass is 16.2. The third-order valence-electron chi connectivity index (χ3n) is 3.74. The van der Waals surface area contributed by atoms with E-state index in [4.69, 9.17) is 0 Å². The number of amides is 1. The number of carbonyl (C=O) groups excluding carboxylic acids is 1. The molecule has 0 saturated heterocycles. The second-order valence-corrected chi connectivity index (χ2v) is 5.42. The highest BCUT2D eigenvalue weighted by Gasteiger charge is 2.46. The van der Waals surface area contributed by atoms with E-state index in [2.05, 4.69) is 30.7 Å². The molecule has 1 aromatic rings. The van der Waals surface area contributed by atoms with Gasteiger partial charge < -0.3 is 0 Å². The Morgan fingerprint density at radius 3 is 2.65 bits per heavy atom. The first-order chi connectivity index (χ1) is 9.56. The van der Waals surface area contributed by atoms with Crippen molar-refractivity contribution in [3.05, 3.63) is 30.1 Å². The minimum atomic E-state index is -0.0106. The van der Waals surface area contributed by atoms with Gasteiger partial charge in [0.05, 0.1) is 6.54 Å². The van der Waals surface area contributed by atoms with Crippen LogP contribution in [0.4, 0.5) is 4.79 Å². The summed E-state index contributed by atoms with van der Waals surface area (Å²) in [6.07, 6.45) is 8.63. The molecule has 5 heteroatoms. The van der Waals surface area contributed by atoms with Crippen LogP contribution < -0.4 is 0 Å². The lowest BCUT2D eigenvalue weighted by molar-refractivity contribution is -0.709. The van der Waals surface area contributed by atoms with Crippen LogP contribution in [-0.2, 0) is 0 Å². The molecule has 1 atom stereocenters. The Balaban J connectivity index is 2.50. The predicted molar refractivity (Wildman–Crippen MR) is 79.1 cm³/mol. The van der Waals surface area contributed by atoms with E-state index in [1.807, 2.05) is 6.92 Å². The van der Waals surface area contributed by atoms with Crippen LogP contribution in [0.1, 0.15) is 40.5 Å². The molecule has 0 bridgehead atoms. The molecule has 5 nitrogen and oxygen atoms in total. The topological polar surface area (TPSA) is 47.2 Å². The second-order valence-electron chi connectivity index (χ2n) is 5.42. The molecule has 0 saturated carbocycles. The van der Waals surface area contributed by atoms with E-state index in [0.29, 0.717) is 6.54 Å². The molecular weight excluding hydrogens is 252 g/mol. The van der Waals surface area contributed by atoms with Crippen molar-refractivity contribution in [2.75, 3.05) is 6.54 Å². The average molecular weight is 275 g/mol. The van der Waals surface area contributed by atoms with Crippen LogP contribution >= 0.6 is 0 Å². The number of aliphatic imine (C=N–C) groups is 1. The third kappa shape index (κ3) is 2.22. The summed E-state index contributed by atoms with van der Waals surface area (Å²) in [5.74, 6) is 0.284. The first kappa shape index (κ1) is 14.7. The molecule has 108 valence electrons. The van der Waals surface area contributed by atoms with Crippen LogP contribution in [0, 0.1) is 5.92 Å². The van der Waals surface area contributed by atoms with Gasteiger partial charge in [0, 0.05) is 18.3 Å². The molecule has 2 rings (SSSR count). The van der Waals surface area contributed by atoms with E-state index < -0.39 is 0 Å². The van der Waals surface area contributed by atoms with Crippen molar-refractivity contribution in [1.82, 2.24) is 9.55 Å². The quantitative estimate of drug-likeness (QED) is 0.791. The van der Waals surface area contributed by atoms with Crippen LogP contribution in [-0.4, -0.2) is 32.9 Å². The van der Waals surface area contributed by atoms with Gasteiger partial charge in [-0.05, 0) is 13.3 Å². The number of quaternary nitrogens is 1. The van der Waals surface area contributed by atoms with Crippen LogP contribution in [0.2, 0.25) is 0 Å². The van der Waals surface area contributed by atoms with Crippen molar-refractivity contribution in [3.63, 3.8) is 0 Å². The molecule has 0 aliphatic carbocycles. The minimum absolute atomic E-state index is 0.0106. The first-order valence-electron chi connectivity index (χ1n) is 7.26. The maximum atomic E-state index is 12.9. The van der Waals surface area contributed by atoms with Gasteiger partial charge in [-0.3, -0.25) is 0 Å². The van der Waals surface area contributed by atoms with Gasteiger partial charge in [-0.25, -0.2) is 19.3 Å². The molecular formula is C15H23N4O+. The Hall–Kier alpha value is -1.75. The largest absolute Gasteiger partial charge is 0.439 e. The van der Waals surface area contributed by atoms with Crippen molar-refractivity contribution < 1.29 is 9.28 Å². The van der Waals surface area contributed by atoms with Gasteiger partial charge in [0.2, 0.25) is 6.34 Å². The van der Waals surface area contributed by atoms with Crippen molar-refractivity contribution in [2.24, 2.45) is 10.9 Å². The van der Waals surface area contributed by atoms with E-state index in [9.17, 15) is 4.79 Å². The number of allylic oxidation sites excluding steroid dienone is 2. The van der Waals surface area contributed by atoms with Crippen molar-refractivity contribution in [3.8, 4) is 0 Å². The maximum absolute atomic E-state index is 12.9. The van der Waals surface area contributed by atoms with Crippen LogP contribution in [0.25, 0.3) is 0 Å². The fraction of sp³-hybridized carbons (Fsp3) is 0.533. The van der Waals surface area contributed by atoms with Gasteiger partial charge in [0.1, 0.15) is 17.7 Å². The number of nitrogens with zero attached hydrogens (tertiary/aromatic N) is 4. The summed E-state index contributed by atoms with van der Waals surface area (Å²) >= 11 is 0. The molecule has 20 heavy (non-hydrogen) atoms. The zero-order valence-electron chi connectivity index (χ0n) is 12.7. The van der Waals surface area contributed by atoms with Gasteiger partial charge in [0.25, 0.3) is 0 Å². The van der Waals surface area contributed by atoms with Gasteiger partial charge in [0.15, 0.2) is 0 Å². The van der Waals surface area contributed by atoms with Crippen LogP contribution in [0.3, 0.4) is 0 Å². The summed E-state index contributed by atoms with van der Waals surface area (Å²) in [5.41, 5.74) is 2.19. The van der Waals surface area contributed by atoms with E-state index >= 15 is 0 Å². The SMILES string of the molecule is CCCC1=C(C(C)C)[N+](CC)(C(=O)n2ccnc2)C=N1. The van der Waals surface area contributed by atoms with Crippen molar-refractivity contribution >= 4 is 12.4 Å². The lowest BCUT2D eigenvalue weighted by Gasteiger charge is -2.30. The third-order valence-corrected chi connectivity index (χ3v) is 3.74. The number of hydrogen-bond acceptors (Lipinski definition) is 3. The summed E-state index contributed by atoms with van der Waals surface area (Å²) in [5, 5.41) is 0. The Kier molecular flexibility index (Phi) is 4.18.